The number of nitrogens with two attached hydrogens (primary N) is 1. The highest BCUT2D eigenvalue weighted by atomic mass is 35.5. The van der Waals surface area contributed by atoms with E-state index in [1.165, 1.54) is 0 Å². The monoisotopic (exact) mass is 239 g/mol. The number of halogens is 4. The molecule has 0 bridgehead atoms. The third-order valence-electron chi connectivity index (χ3n) is 0.144. The minimum absolute atomic E-state index is 0. The predicted molar refractivity (Wildman–Crippen MR) is 51.9 cm³/mol. The van der Waals surface area contributed by atoms with Crippen LogP contribution in [0.1, 0.15) is 6.92 Å². The molecule has 0 spiro atoms. The normalized spacial score (nSPS) is 4.85. The highest BCUT2D eigenvalue weighted by molar-refractivity contribution is 5.85. The zero-order valence-corrected chi connectivity index (χ0v) is 8.59. The molecule has 4 N–H and O–H groups in total. The molecule has 0 fully saturated rings. The summed E-state index contributed by atoms with van der Waals surface area (Å²) in [5, 5.41) is 20.4. The Labute approximate surface area is 88.1 Å². The molecule has 0 aromatic rings. The molecule has 82 valence electrons. The van der Waals surface area contributed by atoms with Gasteiger partial charge in [-0.3, -0.25) is 5.41 Å². The van der Waals surface area contributed by atoms with E-state index < -0.39 is 12.5 Å². The van der Waals surface area contributed by atoms with Crippen molar-refractivity contribution < 1.29 is 13.9 Å². The first-order valence-electron chi connectivity index (χ1n) is 2.60. The van der Waals surface area contributed by atoms with E-state index in [1.54, 1.807) is 6.92 Å². The zero-order valence-electron chi connectivity index (χ0n) is 6.96. The number of aliphatic hydroxyl groups is 1. The fraction of sp³-hybridized carbons (Fsp3) is 0.600. The number of alkyl halides is 1. The predicted octanol–water partition coefficient (Wildman–Crippen LogP) is 1.17. The van der Waals surface area contributed by atoms with Gasteiger partial charge < -0.3 is 10.8 Å². The van der Waals surface area contributed by atoms with E-state index in [2.05, 4.69) is 5.73 Å². The Bertz CT molecular complexity index is 121. The van der Waals surface area contributed by atoms with Crippen molar-refractivity contribution in [3.63, 3.8) is 0 Å². The third kappa shape index (κ3) is 538. The van der Waals surface area contributed by atoms with E-state index >= 15 is 0 Å². The van der Waals surface area contributed by atoms with Gasteiger partial charge in [-0.2, -0.15) is 5.26 Å². The standard InChI is InChI=1S/C2H5FN2.C2H6O.CFN.2ClH/c3-1-2(4)5;1-2-3;2-1-3;;/h1H2,(H3,4,5);3H,2H2,1H3;;2*1H. The summed E-state index contributed by atoms with van der Waals surface area (Å²) < 4.78 is 20.4. The maximum absolute atomic E-state index is 10.8. The Balaban J connectivity index is -0.0000000240. The molecule has 0 saturated carbocycles. The van der Waals surface area contributed by atoms with Crippen LogP contribution in [-0.2, 0) is 0 Å². The van der Waals surface area contributed by atoms with Gasteiger partial charge in [-0.25, -0.2) is 4.39 Å². The van der Waals surface area contributed by atoms with Crippen LogP contribution < -0.4 is 5.73 Å². The van der Waals surface area contributed by atoms with Crippen LogP contribution >= 0.6 is 24.8 Å². The first kappa shape index (κ1) is 29.4. The highest BCUT2D eigenvalue weighted by Gasteiger charge is 1.75. The van der Waals surface area contributed by atoms with Gasteiger partial charge in [0.25, 0.3) is 6.32 Å². The summed E-state index contributed by atoms with van der Waals surface area (Å²) in [6, 6.07) is 0. The first-order valence-corrected chi connectivity index (χ1v) is 2.60. The van der Waals surface area contributed by atoms with Gasteiger partial charge in [-0.05, 0) is 6.92 Å². The Morgan fingerprint density at radius 3 is 1.69 bits per heavy atom. The first-order chi connectivity index (χ1) is 5.10. The number of nitrogens with one attached hydrogen (secondary N) is 1. The van der Waals surface area contributed by atoms with E-state index in [9.17, 15) is 8.78 Å². The van der Waals surface area contributed by atoms with Crippen molar-refractivity contribution in [2.24, 2.45) is 5.73 Å². The second kappa shape index (κ2) is 42.4. The topological polar surface area (TPSA) is 93.9 Å². The third-order valence-corrected chi connectivity index (χ3v) is 0.144. The van der Waals surface area contributed by atoms with Crippen molar-refractivity contribution in [1.82, 2.24) is 0 Å². The number of rotatable bonds is 1. The quantitative estimate of drug-likeness (QED) is 0.474. The van der Waals surface area contributed by atoms with Gasteiger partial charge >= 0.3 is 0 Å². The summed E-state index contributed by atoms with van der Waals surface area (Å²) in [6.07, 6.45) is 0.250. The summed E-state index contributed by atoms with van der Waals surface area (Å²) in [5.74, 6) is -0.412. The summed E-state index contributed by atoms with van der Waals surface area (Å²) in [4.78, 5) is 0. The highest BCUT2D eigenvalue weighted by Crippen LogP contribution is 1.57. The summed E-state index contributed by atoms with van der Waals surface area (Å²) in [6.45, 7) is 1.10. The van der Waals surface area contributed by atoms with Crippen LogP contribution in [0, 0.1) is 17.0 Å². The van der Waals surface area contributed by atoms with Gasteiger partial charge in [0.05, 0.1) is 0 Å². The lowest BCUT2D eigenvalue weighted by Crippen LogP contribution is -2.10. The summed E-state index contributed by atoms with van der Waals surface area (Å²) >= 11 is 0. The molecule has 0 heterocycles. The summed E-state index contributed by atoms with van der Waals surface area (Å²) in [5.41, 5.74) is 4.50. The molecule has 0 aromatic carbocycles. The molecular formula is C5H13Cl2F2N3O. The minimum Gasteiger partial charge on any atom is -0.397 e. The molecule has 0 aliphatic rings. The molecular weight excluding hydrogens is 227 g/mol. The Morgan fingerprint density at radius 2 is 1.69 bits per heavy atom. The second-order valence-corrected chi connectivity index (χ2v) is 1.06. The van der Waals surface area contributed by atoms with Gasteiger partial charge in [0.2, 0.25) is 0 Å². The van der Waals surface area contributed by atoms with Gasteiger partial charge in [-0.1, -0.05) is 0 Å². The molecule has 0 aliphatic heterocycles. The number of amidine groups is 1. The molecule has 0 saturated heterocycles. The molecule has 0 unspecified atom stereocenters. The van der Waals surface area contributed by atoms with Crippen LogP contribution in [0.3, 0.4) is 0 Å². The SMILES string of the molecule is CCO.Cl.Cl.N#CF.N=C(N)CF. The van der Waals surface area contributed by atoms with E-state index in [1.807, 2.05) is 0 Å². The van der Waals surface area contributed by atoms with Crippen molar-refractivity contribution in [1.29, 1.82) is 10.7 Å². The van der Waals surface area contributed by atoms with Gasteiger partial charge in [-0.15, -0.1) is 29.2 Å². The molecule has 13 heavy (non-hydrogen) atoms. The fourth-order valence-electron chi connectivity index (χ4n) is 0. The Kier molecular flexibility index (Phi) is 96.1. The molecule has 0 aromatic heterocycles. The molecule has 0 atom stereocenters. The molecule has 4 nitrogen and oxygen atoms in total. The van der Waals surface area contributed by atoms with Crippen LogP contribution in [0.25, 0.3) is 0 Å². The molecule has 0 rings (SSSR count). The van der Waals surface area contributed by atoms with Crippen LogP contribution in [0.15, 0.2) is 0 Å². The average molecular weight is 240 g/mol. The lowest BCUT2D eigenvalue weighted by molar-refractivity contribution is 0.318. The Morgan fingerprint density at radius 1 is 1.62 bits per heavy atom. The van der Waals surface area contributed by atoms with Crippen LogP contribution in [0.4, 0.5) is 8.78 Å². The number of nitrogens with zero attached hydrogens (tertiary/aromatic N) is 1. The molecule has 0 aliphatic carbocycles. The number of aliphatic hydroxyl groups excluding tert-OH is 1. The average Bonchev–Trinajstić information content (AvgIpc) is 1.91. The number of hydrogen-bond donors (Lipinski definition) is 3. The minimum atomic E-state index is -0.833. The van der Waals surface area contributed by atoms with Crippen LogP contribution in [0.5, 0.6) is 0 Å². The van der Waals surface area contributed by atoms with E-state index in [-0.39, 0.29) is 37.7 Å². The number of nitriles is 1. The number of hydrogen-bond acceptors (Lipinski definition) is 3. The maximum Gasteiger partial charge on any atom is 0.273 e. The fourth-order valence-corrected chi connectivity index (χ4v) is 0. The van der Waals surface area contributed by atoms with E-state index in [0.717, 1.165) is 0 Å². The maximum atomic E-state index is 10.8. The van der Waals surface area contributed by atoms with Crippen molar-refractivity contribution >= 4 is 30.6 Å². The molecule has 0 radical (unpaired) electrons. The zero-order chi connectivity index (χ0) is 9.70. The summed E-state index contributed by atoms with van der Waals surface area (Å²) in [7, 11) is 0. The molecule has 8 heteroatoms. The van der Waals surface area contributed by atoms with E-state index in [4.69, 9.17) is 15.8 Å². The van der Waals surface area contributed by atoms with Crippen LogP contribution in [-0.4, -0.2) is 24.2 Å². The van der Waals surface area contributed by atoms with Crippen molar-refractivity contribution in [3.8, 4) is 6.32 Å². The van der Waals surface area contributed by atoms with Gasteiger partial charge in [0, 0.05) is 6.61 Å². The van der Waals surface area contributed by atoms with Crippen molar-refractivity contribution in [3.05, 3.63) is 0 Å². The Hall–Kier alpha value is -0.640. The van der Waals surface area contributed by atoms with Crippen LogP contribution in [0.2, 0.25) is 0 Å². The van der Waals surface area contributed by atoms with Gasteiger partial charge in [0.1, 0.15) is 12.5 Å². The second-order valence-electron chi connectivity index (χ2n) is 1.06. The van der Waals surface area contributed by atoms with Crippen molar-refractivity contribution in [2.45, 2.75) is 6.92 Å². The van der Waals surface area contributed by atoms with E-state index in [0.29, 0.717) is 0 Å². The van der Waals surface area contributed by atoms with Crippen molar-refractivity contribution in [2.75, 3.05) is 13.3 Å². The largest absolute Gasteiger partial charge is 0.397 e. The molecule has 0 amide bonds. The lowest BCUT2D eigenvalue weighted by Gasteiger charge is -1.75. The smallest absolute Gasteiger partial charge is 0.273 e. The lowest BCUT2D eigenvalue weighted by atomic mass is 10.7. The van der Waals surface area contributed by atoms with Gasteiger partial charge in [0.15, 0.2) is 0 Å².